The number of carbonyl (C=O) groups excluding carboxylic acids is 1. The van der Waals surface area contributed by atoms with E-state index in [0.29, 0.717) is 6.54 Å². The van der Waals surface area contributed by atoms with Crippen molar-refractivity contribution < 1.29 is 4.79 Å². The summed E-state index contributed by atoms with van der Waals surface area (Å²) in [5.74, 6) is -0.179. The Morgan fingerprint density at radius 3 is 2.68 bits per heavy atom. The van der Waals surface area contributed by atoms with Gasteiger partial charge in [0.1, 0.15) is 5.54 Å². The first-order chi connectivity index (χ1) is 10.4. The van der Waals surface area contributed by atoms with Crippen molar-refractivity contribution in [1.29, 1.82) is 0 Å². The summed E-state index contributed by atoms with van der Waals surface area (Å²) in [6, 6.07) is 7.49. The van der Waals surface area contributed by atoms with E-state index < -0.39 is 5.54 Å². The highest BCUT2D eigenvalue weighted by atomic mass is 79.9. The minimum Gasteiger partial charge on any atom is -0.354 e. The Bertz CT molecular complexity index is 637. The minimum atomic E-state index is -1.04. The maximum absolute atomic E-state index is 12.3. The van der Waals surface area contributed by atoms with Crippen molar-refractivity contribution >= 4 is 33.2 Å². The molecule has 2 rings (SSSR count). The standard InChI is InChI=1S/C16H20BrN3OS/c1-3-13-10-20-14(22-13)8-9-19-15(21)16(2,18)11-4-6-12(17)7-5-11/h4-7,10H,3,8-9,18H2,1-2H3,(H,19,21). The zero-order chi connectivity index (χ0) is 16.2. The molecule has 1 amide bonds. The second kappa shape index (κ2) is 7.35. The zero-order valence-corrected chi connectivity index (χ0v) is 15.1. The second-order valence-electron chi connectivity index (χ2n) is 5.29. The number of rotatable bonds is 6. The number of aromatic nitrogens is 1. The van der Waals surface area contributed by atoms with Gasteiger partial charge in [0.25, 0.3) is 0 Å². The molecule has 1 atom stereocenters. The first kappa shape index (κ1) is 17.1. The van der Waals surface area contributed by atoms with Crippen LogP contribution in [0.25, 0.3) is 0 Å². The van der Waals surface area contributed by atoms with Crippen molar-refractivity contribution in [2.75, 3.05) is 6.54 Å². The summed E-state index contributed by atoms with van der Waals surface area (Å²) in [4.78, 5) is 17.9. The van der Waals surface area contributed by atoms with E-state index in [-0.39, 0.29) is 5.91 Å². The maximum atomic E-state index is 12.3. The number of nitrogens with two attached hydrogens (primary N) is 1. The quantitative estimate of drug-likeness (QED) is 0.807. The summed E-state index contributed by atoms with van der Waals surface area (Å²) in [5.41, 5.74) is 5.94. The van der Waals surface area contributed by atoms with Crippen LogP contribution in [0.3, 0.4) is 0 Å². The van der Waals surface area contributed by atoms with E-state index in [2.05, 4.69) is 33.2 Å². The van der Waals surface area contributed by atoms with Gasteiger partial charge < -0.3 is 11.1 Å². The highest BCUT2D eigenvalue weighted by molar-refractivity contribution is 9.10. The Morgan fingerprint density at radius 2 is 2.09 bits per heavy atom. The minimum absolute atomic E-state index is 0.179. The molecule has 0 aliphatic rings. The van der Waals surface area contributed by atoms with Gasteiger partial charge in [-0.1, -0.05) is 35.0 Å². The number of benzene rings is 1. The molecule has 1 heterocycles. The van der Waals surface area contributed by atoms with Crippen LogP contribution in [0, 0.1) is 0 Å². The lowest BCUT2D eigenvalue weighted by Gasteiger charge is -2.24. The van der Waals surface area contributed by atoms with Crippen molar-refractivity contribution in [2.45, 2.75) is 32.2 Å². The largest absolute Gasteiger partial charge is 0.354 e. The summed E-state index contributed by atoms with van der Waals surface area (Å²) in [6.07, 6.45) is 3.62. The van der Waals surface area contributed by atoms with Crippen LogP contribution >= 0.6 is 27.3 Å². The topological polar surface area (TPSA) is 68.0 Å². The van der Waals surface area contributed by atoms with Gasteiger partial charge in [0, 0.05) is 28.5 Å². The van der Waals surface area contributed by atoms with Crippen molar-refractivity contribution in [3.63, 3.8) is 0 Å². The van der Waals surface area contributed by atoms with Crippen molar-refractivity contribution in [3.8, 4) is 0 Å². The van der Waals surface area contributed by atoms with Crippen LogP contribution < -0.4 is 11.1 Å². The number of aryl methyl sites for hydroxylation is 1. The maximum Gasteiger partial charge on any atom is 0.244 e. The molecule has 6 heteroatoms. The summed E-state index contributed by atoms with van der Waals surface area (Å²) in [7, 11) is 0. The third-order valence-electron chi connectivity index (χ3n) is 3.49. The molecule has 3 N–H and O–H groups in total. The van der Waals surface area contributed by atoms with E-state index in [1.165, 1.54) is 4.88 Å². The van der Waals surface area contributed by atoms with E-state index in [9.17, 15) is 4.79 Å². The van der Waals surface area contributed by atoms with Gasteiger partial charge in [0.2, 0.25) is 5.91 Å². The summed E-state index contributed by atoms with van der Waals surface area (Å²) >= 11 is 5.07. The fraction of sp³-hybridized carbons (Fsp3) is 0.375. The molecule has 0 radical (unpaired) electrons. The number of nitrogens with zero attached hydrogens (tertiary/aromatic N) is 1. The summed E-state index contributed by atoms with van der Waals surface area (Å²) in [5, 5.41) is 3.94. The second-order valence-corrected chi connectivity index (χ2v) is 7.40. The van der Waals surface area contributed by atoms with Gasteiger partial charge in [0.05, 0.1) is 5.01 Å². The molecular weight excluding hydrogens is 362 g/mol. The van der Waals surface area contributed by atoms with Gasteiger partial charge in [-0.15, -0.1) is 11.3 Å². The summed E-state index contributed by atoms with van der Waals surface area (Å²) < 4.78 is 0.961. The van der Waals surface area contributed by atoms with Crippen LogP contribution in [0.5, 0.6) is 0 Å². The van der Waals surface area contributed by atoms with Gasteiger partial charge in [-0.25, -0.2) is 4.98 Å². The van der Waals surface area contributed by atoms with Crippen LogP contribution in [-0.2, 0) is 23.2 Å². The van der Waals surface area contributed by atoms with Crippen LogP contribution in [0.4, 0.5) is 0 Å². The molecule has 0 saturated carbocycles. The smallest absolute Gasteiger partial charge is 0.244 e. The Morgan fingerprint density at radius 1 is 1.41 bits per heavy atom. The lowest BCUT2D eigenvalue weighted by Crippen LogP contribution is -2.49. The van der Waals surface area contributed by atoms with E-state index in [0.717, 1.165) is 27.9 Å². The van der Waals surface area contributed by atoms with Gasteiger partial charge in [-0.2, -0.15) is 0 Å². The zero-order valence-electron chi connectivity index (χ0n) is 12.7. The predicted octanol–water partition coefficient (Wildman–Crippen LogP) is 3.00. The van der Waals surface area contributed by atoms with E-state index in [1.807, 2.05) is 30.5 Å². The van der Waals surface area contributed by atoms with Gasteiger partial charge in [-0.05, 0) is 31.0 Å². The molecule has 1 aromatic carbocycles. The Balaban J connectivity index is 1.91. The molecule has 2 aromatic rings. The number of halogens is 1. The molecule has 0 fully saturated rings. The fourth-order valence-corrected chi connectivity index (χ4v) is 3.15. The van der Waals surface area contributed by atoms with Gasteiger partial charge >= 0.3 is 0 Å². The van der Waals surface area contributed by atoms with Crippen molar-refractivity contribution in [1.82, 2.24) is 10.3 Å². The Kier molecular flexibility index (Phi) is 5.72. The number of nitrogens with one attached hydrogen (secondary N) is 1. The number of hydrogen-bond donors (Lipinski definition) is 2. The highest BCUT2D eigenvalue weighted by Crippen LogP contribution is 2.20. The Hall–Kier alpha value is -1.24. The molecule has 0 saturated heterocycles. The molecule has 22 heavy (non-hydrogen) atoms. The monoisotopic (exact) mass is 381 g/mol. The molecule has 4 nitrogen and oxygen atoms in total. The first-order valence-electron chi connectivity index (χ1n) is 7.20. The van der Waals surface area contributed by atoms with Crippen LogP contribution in [0.1, 0.15) is 29.3 Å². The van der Waals surface area contributed by atoms with Crippen LogP contribution in [0.15, 0.2) is 34.9 Å². The summed E-state index contributed by atoms with van der Waals surface area (Å²) in [6.45, 7) is 4.38. The van der Waals surface area contributed by atoms with Crippen molar-refractivity contribution in [3.05, 3.63) is 50.4 Å². The molecule has 0 aliphatic heterocycles. The molecule has 0 bridgehead atoms. The first-order valence-corrected chi connectivity index (χ1v) is 8.81. The third kappa shape index (κ3) is 4.15. The Labute approximate surface area is 143 Å². The molecule has 1 unspecified atom stereocenters. The van der Waals surface area contributed by atoms with Crippen molar-refractivity contribution in [2.24, 2.45) is 5.73 Å². The molecule has 118 valence electrons. The molecular formula is C16H20BrN3OS. The van der Waals surface area contributed by atoms with Crippen LogP contribution in [0.2, 0.25) is 0 Å². The average molecular weight is 382 g/mol. The number of hydrogen-bond acceptors (Lipinski definition) is 4. The number of amides is 1. The van der Waals surface area contributed by atoms with E-state index in [4.69, 9.17) is 5.73 Å². The number of carbonyl (C=O) groups is 1. The normalized spacial score (nSPS) is 13.6. The lowest BCUT2D eigenvalue weighted by molar-refractivity contribution is -0.126. The van der Waals surface area contributed by atoms with Crippen LogP contribution in [-0.4, -0.2) is 17.4 Å². The van der Waals surface area contributed by atoms with E-state index >= 15 is 0 Å². The highest BCUT2D eigenvalue weighted by Gasteiger charge is 2.30. The molecule has 1 aromatic heterocycles. The van der Waals surface area contributed by atoms with Gasteiger partial charge in [-0.3, -0.25) is 4.79 Å². The van der Waals surface area contributed by atoms with E-state index in [1.54, 1.807) is 18.3 Å². The number of thiazole rings is 1. The molecule has 0 aliphatic carbocycles. The fourth-order valence-electron chi connectivity index (χ4n) is 2.02. The van der Waals surface area contributed by atoms with Gasteiger partial charge in [0.15, 0.2) is 0 Å². The lowest BCUT2D eigenvalue weighted by atomic mass is 9.92. The average Bonchev–Trinajstić information content (AvgIpc) is 2.95. The molecule has 0 spiro atoms. The SMILES string of the molecule is CCc1cnc(CCNC(=O)C(C)(N)c2ccc(Br)cc2)s1. The predicted molar refractivity (Wildman–Crippen MR) is 93.9 cm³/mol. The third-order valence-corrected chi connectivity index (χ3v) is 5.22.